The van der Waals surface area contributed by atoms with Crippen LogP contribution < -0.4 is 0 Å². The largest absolute Gasteiger partial charge is 0.460 e. The lowest BCUT2D eigenvalue weighted by Gasteiger charge is -2.26. The topological polar surface area (TPSA) is 82.7 Å². The van der Waals surface area contributed by atoms with Gasteiger partial charge in [0.2, 0.25) is 0 Å². The highest BCUT2D eigenvalue weighted by Gasteiger charge is 2.47. The minimum Gasteiger partial charge on any atom is -0.460 e. The molecule has 1 atom stereocenters. The summed E-state index contributed by atoms with van der Waals surface area (Å²) in [6.07, 6.45) is 1.11. The summed E-state index contributed by atoms with van der Waals surface area (Å²) < 4.78 is 5.28. The van der Waals surface area contributed by atoms with E-state index in [1.165, 1.54) is 4.90 Å². The molecule has 1 aromatic carbocycles. The Morgan fingerprint density at radius 1 is 1.25 bits per heavy atom. The maximum absolute atomic E-state index is 12.9. The number of nitrogens with one attached hydrogen (secondary N) is 1. The number of benzene rings is 1. The minimum absolute atomic E-state index is 0.176. The maximum Gasteiger partial charge on any atom is 0.327 e. The summed E-state index contributed by atoms with van der Waals surface area (Å²) in [7, 11) is 0. The van der Waals surface area contributed by atoms with Crippen molar-refractivity contribution in [3.63, 3.8) is 0 Å². The van der Waals surface area contributed by atoms with Crippen LogP contribution in [-0.4, -0.2) is 50.9 Å². The lowest BCUT2D eigenvalue weighted by atomic mass is 9.97. The zero-order chi connectivity index (χ0) is 20.1. The molecule has 28 heavy (non-hydrogen) atoms. The summed E-state index contributed by atoms with van der Waals surface area (Å²) in [5, 5.41) is 1.11. The number of carbonyl (C=O) groups excluding carboxylic acids is 3. The Bertz CT molecular complexity index is 956. The second kappa shape index (κ2) is 6.65. The number of fused-ring (bicyclic) bond motifs is 4. The van der Waals surface area contributed by atoms with Gasteiger partial charge in [-0.15, -0.1) is 0 Å². The van der Waals surface area contributed by atoms with Crippen molar-refractivity contribution in [3.05, 3.63) is 35.5 Å². The number of ether oxygens (including phenoxy) is 1. The van der Waals surface area contributed by atoms with E-state index in [9.17, 15) is 14.4 Å². The lowest BCUT2D eigenvalue weighted by molar-refractivity contribution is -0.155. The first kappa shape index (κ1) is 18.5. The van der Waals surface area contributed by atoms with Crippen molar-refractivity contribution in [1.29, 1.82) is 0 Å². The van der Waals surface area contributed by atoms with Gasteiger partial charge in [0.05, 0.1) is 6.54 Å². The fourth-order valence-electron chi connectivity index (χ4n) is 4.04. The predicted octanol–water partition coefficient (Wildman–Crippen LogP) is 2.98. The zero-order valence-corrected chi connectivity index (χ0v) is 16.4. The molecular formula is C21H25N3O4. The molecule has 0 bridgehead atoms. The predicted molar refractivity (Wildman–Crippen MR) is 104 cm³/mol. The van der Waals surface area contributed by atoms with E-state index in [0.717, 1.165) is 22.2 Å². The zero-order valence-electron chi connectivity index (χ0n) is 16.4. The Balaban J connectivity index is 1.43. The van der Waals surface area contributed by atoms with Crippen LogP contribution in [0, 0.1) is 0 Å². The third-order valence-corrected chi connectivity index (χ3v) is 5.21. The molecule has 2 aromatic rings. The monoisotopic (exact) mass is 383 g/mol. The van der Waals surface area contributed by atoms with Gasteiger partial charge in [0.15, 0.2) is 0 Å². The van der Waals surface area contributed by atoms with Crippen LogP contribution in [0.15, 0.2) is 24.3 Å². The molecular weight excluding hydrogens is 358 g/mol. The first-order valence-electron chi connectivity index (χ1n) is 9.67. The first-order chi connectivity index (χ1) is 13.2. The molecule has 0 radical (unpaired) electrons. The number of urea groups is 1. The number of rotatable bonds is 4. The summed E-state index contributed by atoms with van der Waals surface area (Å²) >= 11 is 0. The van der Waals surface area contributed by atoms with Crippen LogP contribution in [0.4, 0.5) is 4.79 Å². The van der Waals surface area contributed by atoms with Crippen LogP contribution in [0.5, 0.6) is 0 Å². The van der Waals surface area contributed by atoms with E-state index in [2.05, 4.69) is 4.98 Å². The Morgan fingerprint density at radius 2 is 2.00 bits per heavy atom. The number of imide groups is 1. The fraction of sp³-hybridized carbons (Fsp3) is 0.476. The smallest absolute Gasteiger partial charge is 0.327 e. The van der Waals surface area contributed by atoms with Crippen molar-refractivity contribution in [1.82, 2.24) is 14.8 Å². The standard InChI is InChI=1S/C21H25N3O4/c1-21(2,3)28-18(25)9-6-10-23-19(26)17-11-14-13-7-4-5-8-15(13)22-16(14)12-24(17)20(23)27/h4-5,7-8,17,22H,6,9-12H2,1-3H3/t17-/m0/s1. The first-order valence-corrected chi connectivity index (χ1v) is 9.67. The lowest BCUT2D eigenvalue weighted by Crippen LogP contribution is -2.39. The molecule has 4 rings (SSSR count). The third kappa shape index (κ3) is 3.25. The van der Waals surface area contributed by atoms with E-state index in [0.29, 0.717) is 19.4 Å². The summed E-state index contributed by atoms with van der Waals surface area (Å²) in [6, 6.07) is 7.26. The van der Waals surface area contributed by atoms with Gasteiger partial charge in [-0.05, 0) is 38.8 Å². The van der Waals surface area contributed by atoms with E-state index in [4.69, 9.17) is 4.74 Å². The molecule has 1 aromatic heterocycles. The highest BCUT2D eigenvalue weighted by atomic mass is 16.6. The van der Waals surface area contributed by atoms with Gasteiger partial charge in [-0.1, -0.05) is 18.2 Å². The van der Waals surface area contributed by atoms with Crippen LogP contribution in [0.1, 0.15) is 44.9 Å². The number of aromatic nitrogens is 1. The molecule has 1 saturated heterocycles. The van der Waals surface area contributed by atoms with E-state index < -0.39 is 11.6 Å². The Kier molecular flexibility index (Phi) is 4.40. The molecule has 1 fully saturated rings. The highest BCUT2D eigenvalue weighted by Crippen LogP contribution is 2.34. The Hall–Kier alpha value is -2.83. The molecule has 7 heteroatoms. The van der Waals surface area contributed by atoms with Gasteiger partial charge in [-0.3, -0.25) is 14.5 Å². The highest BCUT2D eigenvalue weighted by molar-refractivity contribution is 6.05. The van der Waals surface area contributed by atoms with Gasteiger partial charge in [-0.2, -0.15) is 0 Å². The van der Waals surface area contributed by atoms with Crippen molar-refractivity contribution >= 4 is 28.8 Å². The van der Waals surface area contributed by atoms with E-state index >= 15 is 0 Å². The molecule has 1 N–H and O–H groups in total. The second-order valence-corrected chi connectivity index (χ2v) is 8.44. The summed E-state index contributed by atoms with van der Waals surface area (Å²) in [6.45, 7) is 6.08. The van der Waals surface area contributed by atoms with Gasteiger partial charge >= 0.3 is 12.0 Å². The van der Waals surface area contributed by atoms with Gasteiger partial charge < -0.3 is 14.6 Å². The molecule has 0 unspecified atom stereocenters. The van der Waals surface area contributed by atoms with E-state index in [-0.39, 0.29) is 30.9 Å². The fourth-order valence-corrected chi connectivity index (χ4v) is 4.04. The van der Waals surface area contributed by atoms with Gasteiger partial charge in [-0.25, -0.2) is 4.79 Å². The van der Waals surface area contributed by atoms with Gasteiger partial charge in [0.1, 0.15) is 11.6 Å². The summed E-state index contributed by atoms with van der Waals surface area (Å²) in [4.78, 5) is 43.8. The van der Waals surface area contributed by atoms with E-state index in [1.54, 1.807) is 4.90 Å². The van der Waals surface area contributed by atoms with Crippen LogP contribution in [-0.2, 0) is 27.3 Å². The second-order valence-electron chi connectivity index (χ2n) is 8.44. The number of H-pyrrole nitrogens is 1. The van der Waals surface area contributed by atoms with Crippen molar-refractivity contribution in [2.45, 2.75) is 58.2 Å². The van der Waals surface area contributed by atoms with Crippen molar-refractivity contribution in [2.24, 2.45) is 0 Å². The molecule has 0 saturated carbocycles. The van der Waals surface area contributed by atoms with Crippen molar-refractivity contribution in [3.8, 4) is 0 Å². The van der Waals surface area contributed by atoms with Crippen molar-refractivity contribution in [2.75, 3.05) is 6.54 Å². The molecule has 7 nitrogen and oxygen atoms in total. The number of nitrogens with zero attached hydrogens (tertiary/aromatic N) is 2. The summed E-state index contributed by atoms with van der Waals surface area (Å²) in [5.74, 6) is -0.490. The number of hydrogen-bond donors (Lipinski definition) is 1. The number of hydrogen-bond acceptors (Lipinski definition) is 4. The minimum atomic E-state index is -0.535. The number of carbonyl (C=O) groups is 3. The molecule has 0 spiro atoms. The number of esters is 1. The number of aromatic amines is 1. The average Bonchev–Trinajstić information content (AvgIpc) is 3.09. The molecule has 3 amide bonds. The van der Waals surface area contributed by atoms with Crippen LogP contribution in [0.2, 0.25) is 0 Å². The molecule has 2 aliphatic heterocycles. The normalized spacial score (nSPS) is 19.2. The van der Waals surface area contributed by atoms with Crippen molar-refractivity contribution < 1.29 is 19.1 Å². The number of para-hydroxylation sites is 1. The van der Waals surface area contributed by atoms with Crippen LogP contribution in [0.3, 0.4) is 0 Å². The average molecular weight is 383 g/mol. The van der Waals surface area contributed by atoms with Crippen LogP contribution >= 0.6 is 0 Å². The third-order valence-electron chi connectivity index (χ3n) is 5.21. The molecule has 0 aliphatic carbocycles. The SMILES string of the molecule is CC(C)(C)OC(=O)CCCN1C(=O)[C@@H]2Cc3c([nH]c4ccccc34)CN2C1=O. The Morgan fingerprint density at radius 3 is 2.75 bits per heavy atom. The Labute approximate surface area is 163 Å². The van der Waals surface area contributed by atoms with E-state index in [1.807, 2.05) is 45.0 Å². The maximum atomic E-state index is 12.9. The molecule has 3 heterocycles. The van der Waals surface area contributed by atoms with Gasteiger partial charge in [0, 0.05) is 36.0 Å². The molecule has 2 aliphatic rings. The molecule has 148 valence electrons. The summed E-state index contributed by atoms with van der Waals surface area (Å²) in [5.41, 5.74) is 2.61. The van der Waals surface area contributed by atoms with Crippen LogP contribution in [0.25, 0.3) is 10.9 Å². The number of amides is 3. The quantitative estimate of drug-likeness (QED) is 0.650. The van der Waals surface area contributed by atoms with Gasteiger partial charge in [0.25, 0.3) is 5.91 Å².